The van der Waals surface area contributed by atoms with Crippen LogP contribution in [0.1, 0.15) is 102 Å². The fourth-order valence-corrected chi connectivity index (χ4v) is 3.55. The number of hydrogen-bond acceptors (Lipinski definition) is 1. The van der Waals surface area contributed by atoms with Gasteiger partial charge in [-0.2, -0.15) is 0 Å². The van der Waals surface area contributed by atoms with Crippen LogP contribution in [-0.4, -0.2) is 18.5 Å². The lowest BCUT2D eigenvalue weighted by atomic mass is 10.0. The van der Waals surface area contributed by atoms with Gasteiger partial charge in [0.15, 0.2) is 0 Å². The monoisotopic (exact) mass is 425 g/mol. The molecule has 0 atom stereocenters. The van der Waals surface area contributed by atoms with Gasteiger partial charge in [-0.3, -0.25) is 0 Å². The van der Waals surface area contributed by atoms with E-state index in [1.54, 1.807) is 0 Å². The van der Waals surface area contributed by atoms with Crippen LogP contribution in [0.15, 0.2) is 30.3 Å². The molecule has 0 heterocycles. The largest absolute Gasteiger partial charge is 0.302 e. The highest BCUT2D eigenvalue weighted by atomic mass is 79.9. The van der Waals surface area contributed by atoms with Gasteiger partial charge in [-0.15, -0.1) is 17.0 Å². The zero-order chi connectivity index (χ0) is 18.0. The Morgan fingerprint density at radius 2 is 1.04 bits per heavy atom. The van der Waals surface area contributed by atoms with E-state index in [-0.39, 0.29) is 17.0 Å². The highest BCUT2D eigenvalue weighted by Crippen LogP contribution is 2.13. The number of rotatable bonds is 17. The molecule has 26 heavy (non-hydrogen) atoms. The number of unbranched alkanes of at least 4 members (excludes halogenated alkanes) is 13. The summed E-state index contributed by atoms with van der Waals surface area (Å²) >= 11 is 0. The Labute approximate surface area is 174 Å². The molecule has 0 amide bonds. The van der Waals surface area contributed by atoms with Crippen molar-refractivity contribution in [1.29, 1.82) is 0 Å². The van der Waals surface area contributed by atoms with Crippen LogP contribution in [0.2, 0.25) is 0 Å². The summed E-state index contributed by atoms with van der Waals surface area (Å²) in [6.07, 6.45) is 20.1. The molecule has 1 nitrogen and oxygen atoms in total. The van der Waals surface area contributed by atoms with Gasteiger partial charge < -0.3 is 4.90 Å². The summed E-state index contributed by atoms with van der Waals surface area (Å²) in [5.74, 6) is 0. The van der Waals surface area contributed by atoms with Crippen molar-refractivity contribution >= 4 is 17.0 Å². The van der Waals surface area contributed by atoms with Gasteiger partial charge in [-0.1, -0.05) is 121 Å². The molecular weight excluding hydrogens is 382 g/mol. The first kappa shape index (κ1) is 25.7. The molecule has 1 aromatic carbocycles. The van der Waals surface area contributed by atoms with Crippen LogP contribution in [0.3, 0.4) is 0 Å². The maximum Gasteiger partial charge on any atom is 0.0230 e. The summed E-state index contributed by atoms with van der Waals surface area (Å²) in [4.78, 5) is 2.45. The third-order valence-electron chi connectivity index (χ3n) is 5.19. The Hall–Kier alpha value is -0.340. The average molecular weight is 427 g/mol. The summed E-state index contributed by atoms with van der Waals surface area (Å²) < 4.78 is 0. The molecule has 0 N–H and O–H groups in total. The van der Waals surface area contributed by atoms with Crippen molar-refractivity contribution < 1.29 is 0 Å². The highest BCUT2D eigenvalue weighted by molar-refractivity contribution is 8.93. The molecule has 1 rings (SSSR count). The molecule has 0 bridgehead atoms. The first-order valence-corrected chi connectivity index (χ1v) is 11.1. The van der Waals surface area contributed by atoms with E-state index in [1.165, 1.54) is 102 Å². The smallest absolute Gasteiger partial charge is 0.0230 e. The van der Waals surface area contributed by atoms with E-state index in [0.29, 0.717) is 0 Å². The van der Waals surface area contributed by atoms with Crippen LogP contribution in [-0.2, 0) is 6.54 Å². The van der Waals surface area contributed by atoms with E-state index in [2.05, 4.69) is 49.2 Å². The predicted octanol–water partition coefficient (Wildman–Crippen LogP) is 8.18. The summed E-state index contributed by atoms with van der Waals surface area (Å²) in [5.41, 5.74) is 1.43. The van der Waals surface area contributed by atoms with Crippen molar-refractivity contribution in [3.05, 3.63) is 35.9 Å². The normalized spacial score (nSPS) is 10.9. The molecule has 0 aliphatic rings. The van der Waals surface area contributed by atoms with Gasteiger partial charge >= 0.3 is 0 Å². The molecule has 0 aliphatic carbocycles. The molecule has 0 fully saturated rings. The van der Waals surface area contributed by atoms with Crippen LogP contribution in [0, 0.1) is 0 Å². The fourth-order valence-electron chi connectivity index (χ4n) is 3.55. The van der Waals surface area contributed by atoms with Gasteiger partial charge in [0.25, 0.3) is 0 Å². The second-order valence-electron chi connectivity index (χ2n) is 7.82. The Morgan fingerprint density at radius 1 is 0.615 bits per heavy atom. The minimum atomic E-state index is 0. The molecule has 0 saturated carbocycles. The molecule has 0 unspecified atom stereocenters. The Morgan fingerprint density at radius 3 is 1.50 bits per heavy atom. The minimum absolute atomic E-state index is 0. The van der Waals surface area contributed by atoms with Crippen molar-refractivity contribution in [1.82, 2.24) is 4.90 Å². The molecule has 0 aliphatic heterocycles. The van der Waals surface area contributed by atoms with Gasteiger partial charge in [0.1, 0.15) is 0 Å². The molecule has 0 saturated heterocycles. The average Bonchev–Trinajstić information content (AvgIpc) is 2.63. The lowest BCUT2D eigenvalue weighted by molar-refractivity contribution is 0.316. The summed E-state index contributed by atoms with van der Waals surface area (Å²) in [7, 11) is 2.25. The topological polar surface area (TPSA) is 3.24 Å². The Bertz CT molecular complexity index is 379. The van der Waals surface area contributed by atoms with Crippen molar-refractivity contribution in [2.45, 2.75) is 103 Å². The van der Waals surface area contributed by atoms with Crippen molar-refractivity contribution in [2.24, 2.45) is 0 Å². The third kappa shape index (κ3) is 15.9. The Balaban J connectivity index is 0.00000625. The molecule has 152 valence electrons. The number of halogens is 1. The molecule has 2 heteroatoms. The van der Waals surface area contributed by atoms with E-state index in [1.807, 2.05) is 0 Å². The molecule has 0 radical (unpaired) electrons. The Kier molecular flexibility index (Phi) is 19.2. The summed E-state index contributed by atoms with van der Waals surface area (Å²) in [6.45, 7) is 4.61. The van der Waals surface area contributed by atoms with Crippen LogP contribution >= 0.6 is 17.0 Å². The van der Waals surface area contributed by atoms with Gasteiger partial charge in [0.2, 0.25) is 0 Å². The quantitative estimate of drug-likeness (QED) is 0.227. The van der Waals surface area contributed by atoms with Crippen molar-refractivity contribution in [3.63, 3.8) is 0 Å². The zero-order valence-corrected chi connectivity index (χ0v) is 19.3. The van der Waals surface area contributed by atoms with E-state index in [4.69, 9.17) is 0 Å². The van der Waals surface area contributed by atoms with E-state index in [0.717, 1.165) is 6.54 Å². The van der Waals surface area contributed by atoms with Gasteiger partial charge in [0.05, 0.1) is 0 Å². The third-order valence-corrected chi connectivity index (χ3v) is 5.19. The summed E-state index contributed by atoms with van der Waals surface area (Å²) in [6, 6.07) is 10.8. The van der Waals surface area contributed by atoms with Crippen LogP contribution in [0.5, 0.6) is 0 Å². The maximum atomic E-state index is 2.45. The van der Waals surface area contributed by atoms with Gasteiger partial charge in [-0.25, -0.2) is 0 Å². The maximum absolute atomic E-state index is 2.45. The predicted molar refractivity (Wildman–Crippen MR) is 123 cm³/mol. The lowest BCUT2D eigenvalue weighted by Gasteiger charge is -2.16. The van der Waals surface area contributed by atoms with Gasteiger partial charge in [0, 0.05) is 6.54 Å². The zero-order valence-electron chi connectivity index (χ0n) is 17.6. The van der Waals surface area contributed by atoms with E-state index < -0.39 is 0 Å². The van der Waals surface area contributed by atoms with Crippen LogP contribution in [0.25, 0.3) is 0 Å². The van der Waals surface area contributed by atoms with E-state index >= 15 is 0 Å². The molecule has 0 aromatic heterocycles. The minimum Gasteiger partial charge on any atom is -0.302 e. The van der Waals surface area contributed by atoms with Crippen molar-refractivity contribution in [3.8, 4) is 0 Å². The first-order valence-electron chi connectivity index (χ1n) is 11.1. The highest BCUT2D eigenvalue weighted by Gasteiger charge is 2.00. The van der Waals surface area contributed by atoms with Crippen LogP contribution in [0.4, 0.5) is 0 Å². The van der Waals surface area contributed by atoms with E-state index in [9.17, 15) is 0 Å². The van der Waals surface area contributed by atoms with Crippen LogP contribution < -0.4 is 0 Å². The second-order valence-corrected chi connectivity index (χ2v) is 7.82. The molecular formula is C24H44BrN. The SMILES string of the molecule is Br.CCCCCCCCCCCCCCCCN(C)Cc1ccccc1. The summed E-state index contributed by atoms with van der Waals surface area (Å²) in [5, 5.41) is 0. The second kappa shape index (κ2) is 19.4. The lowest BCUT2D eigenvalue weighted by Crippen LogP contribution is -2.18. The van der Waals surface area contributed by atoms with Crippen molar-refractivity contribution in [2.75, 3.05) is 13.6 Å². The number of nitrogens with zero attached hydrogens (tertiary/aromatic N) is 1. The van der Waals surface area contributed by atoms with Gasteiger partial charge in [-0.05, 0) is 25.6 Å². The standard InChI is InChI=1S/C24H43N.BrH/c1-3-4-5-6-7-8-9-10-11-12-13-14-15-19-22-25(2)23-24-20-17-16-18-21-24;/h16-18,20-21H,3-15,19,22-23H2,1-2H3;1H. The molecule has 1 aromatic rings. The molecule has 0 spiro atoms. The fraction of sp³-hybridized carbons (Fsp3) is 0.750. The first-order chi connectivity index (χ1) is 12.3. The number of benzene rings is 1. The number of hydrogen-bond donors (Lipinski definition) is 0.